The van der Waals surface area contributed by atoms with Gasteiger partial charge in [0, 0.05) is 40.1 Å². The van der Waals surface area contributed by atoms with Crippen molar-refractivity contribution in [2.45, 2.75) is 45.1 Å². The molecular formula is C56H48N2O3. The van der Waals surface area contributed by atoms with Crippen molar-refractivity contribution in [3.05, 3.63) is 179 Å². The first-order valence-corrected chi connectivity index (χ1v) is 21.4. The van der Waals surface area contributed by atoms with Gasteiger partial charge in [-0.25, -0.2) is 0 Å². The van der Waals surface area contributed by atoms with Crippen molar-refractivity contribution < 1.29 is 14.2 Å². The number of fused-ring (bicyclic) bond motifs is 6. The molecule has 0 saturated heterocycles. The van der Waals surface area contributed by atoms with Gasteiger partial charge < -0.3 is 24.0 Å². The Morgan fingerprint density at radius 1 is 0.459 bits per heavy atom. The average Bonchev–Trinajstić information content (AvgIpc) is 3.77. The van der Waals surface area contributed by atoms with E-state index < -0.39 is 0 Å². The third-order valence-corrected chi connectivity index (χ3v) is 13.7. The van der Waals surface area contributed by atoms with Crippen LogP contribution in [0.1, 0.15) is 46.6 Å². The standard InChI is InChI=1S/C56H48N2O3/c1-34-51-46-15-9-11-36-33-41(57(37-12-7-6-8-13-37)38-17-24-42(59-3)25-18-38)23-30-48(55(36)46)53(51)35(2)52-47-16-10-14-45-50(32-31-49(54(34)52)56(45)47)58(39-19-26-43(60-4)27-20-39)40-21-28-44(61-5)29-22-40/h6-22,24-29,31-32,41,48H,23,30,33H2,1-5H3. The summed E-state index contributed by atoms with van der Waals surface area (Å²) in [5.74, 6) is 2.87. The van der Waals surface area contributed by atoms with Crippen LogP contribution in [0.5, 0.6) is 17.2 Å². The summed E-state index contributed by atoms with van der Waals surface area (Å²) in [6.07, 6.45) is 3.14. The molecule has 2 atom stereocenters. The minimum atomic E-state index is 0.294. The van der Waals surface area contributed by atoms with E-state index in [0.717, 1.165) is 53.6 Å². The fraction of sp³-hybridized carbons (Fsp3) is 0.179. The van der Waals surface area contributed by atoms with Crippen molar-refractivity contribution in [3.8, 4) is 50.6 Å². The Morgan fingerprint density at radius 2 is 1.02 bits per heavy atom. The molecule has 0 aliphatic heterocycles. The lowest BCUT2D eigenvalue weighted by molar-refractivity contribution is 0.414. The Morgan fingerprint density at radius 3 is 1.66 bits per heavy atom. The van der Waals surface area contributed by atoms with Crippen molar-refractivity contribution in [1.82, 2.24) is 0 Å². The van der Waals surface area contributed by atoms with E-state index in [2.05, 4.69) is 151 Å². The van der Waals surface area contributed by atoms with E-state index in [9.17, 15) is 0 Å². The molecular weight excluding hydrogens is 749 g/mol. The van der Waals surface area contributed by atoms with Gasteiger partial charge in [-0.3, -0.25) is 0 Å². The van der Waals surface area contributed by atoms with Crippen molar-refractivity contribution in [3.63, 3.8) is 0 Å². The molecule has 2 unspecified atom stereocenters. The Balaban J connectivity index is 1.04. The SMILES string of the molecule is COc1ccc(N(c2ccc(OC)cc2)c2ccc3c4c(cccc24)-c2c(C)c4c(c(C)c2-3)-c2cccc3c2C4CCC(N(c2ccccc2)c2ccc(OC)cc2)C3)cc1. The molecule has 300 valence electrons. The fourth-order valence-electron chi connectivity index (χ4n) is 11.1. The fourth-order valence-corrected chi connectivity index (χ4v) is 11.1. The molecule has 3 aliphatic carbocycles. The summed E-state index contributed by atoms with van der Waals surface area (Å²) in [6, 6.07) is 55.2. The second-order valence-electron chi connectivity index (χ2n) is 16.7. The second kappa shape index (κ2) is 14.6. The van der Waals surface area contributed by atoms with Gasteiger partial charge in [0.2, 0.25) is 0 Å². The van der Waals surface area contributed by atoms with Crippen molar-refractivity contribution in [1.29, 1.82) is 0 Å². The lowest BCUT2D eigenvalue weighted by Crippen LogP contribution is -2.32. The molecule has 5 nitrogen and oxygen atoms in total. The molecule has 0 amide bonds. The maximum Gasteiger partial charge on any atom is 0.119 e. The van der Waals surface area contributed by atoms with Crippen LogP contribution in [0.3, 0.4) is 0 Å². The minimum absolute atomic E-state index is 0.294. The van der Waals surface area contributed by atoms with Gasteiger partial charge in [0.1, 0.15) is 17.2 Å². The highest BCUT2D eigenvalue weighted by Gasteiger charge is 2.41. The maximum absolute atomic E-state index is 5.57. The van der Waals surface area contributed by atoms with Crippen LogP contribution in [0.25, 0.3) is 44.2 Å². The maximum atomic E-state index is 5.57. The Kier molecular flexibility index (Phi) is 8.89. The predicted octanol–water partition coefficient (Wildman–Crippen LogP) is 14.3. The molecule has 0 spiro atoms. The third kappa shape index (κ3) is 5.74. The summed E-state index contributed by atoms with van der Waals surface area (Å²) in [4.78, 5) is 4.92. The first-order chi connectivity index (χ1) is 30.0. The molecule has 8 aromatic carbocycles. The molecule has 11 rings (SSSR count). The summed E-state index contributed by atoms with van der Waals surface area (Å²) < 4.78 is 16.7. The van der Waals surface area contributed by atoms with Crippen LogP contribution in [-0.4, -0.2) is 27.4 Å². The summed E-state index contributed by atoms with van der Waals surface area (Å²) >= 11 is 0. The molecule has 3 aliphatic rings. The molecule has 0 radical (unpaired) electrons. The predicted molar refractivity (Wildman–Crippen MR) is 251 cm³/mol. The van der Waals surface area contributed by atoms with E-state index in [1.165, 1.54) is 77.8 Å². The molecule has 0 N–H and O–H groups in total. The van der Waals surface area contributed by atoms with Gasteiger partial charge in [0.25, 0.3) is 0 Å². The summed E-state index contributed by atoms with van der Waals surface area (Å²) in [7, 11) is 5.16. The molecule has 0 heterocycles. The quantitative estimate of drug-likeness (QED) is 0.145. The van der Waals surface area contributed by atoms with E-state index in [0.29, 0.717) is 12.0 Å². The zero-order valence-electron chi connectivity index (χ0n) is 35.3. The summed E-state index contributed by atoms with van der Waals surface area (Å²) in [5, 5.41) is 2.56. The lowest BCUT2D eigenvalue weighted by Gasteiger charge is -2.34. The highest BCUT2D eigenvalue weighted by Crippen LogP contribution is 2.61. The van der Waals surface area contributed by atoms with Crippen LogP contribution < -0.4 is 24.0 Å². The topological polar surface area (TPSA) is 34.2 Å². The monoisotopic (exact) mass is 796 g/mol. The van der Waals surface area contributed by atoms with Crippen LogP contribution in [0.4, 0.5) is 28.4 Å². The van der Waals surface area contributed by atoms with Crippen LogP contribution >= 0.6 is 0 Å². The van der Waals surface area contributed by atoms with Gasteiger partial charge >= 0.3 is 0 Å². The Labute approximate surface area is 358 Å². The molecule has 0 aromatic heterocycles. The van der Waals surface area contributed by atoms with E-state index in [4.69, 9.17) is 14.2 Å². The van der Waals surface area contributed by atoms with Crippen molar-refractivity contribution in [2.75, 3.05) is 31.1 Å². The lowest BCUT2D eigenvalue weighted by atomic mass is 9.83. The highest BCUT2D eigenvalue weighted by atomic mass is 16.5. The van der Waals surface area contributed by atoms with Crippen LogP contribution in [0.15, 0.2) is 152 Å². The van der Waals surface area contributed by atoms with Gasteiger partial charge in [-0.1, -0.05) is 60.7 Å². The number of hydrogen-bond donors (Lipinski definition) is 0. The van der Waals surface area contributed by atoms with Crippen molar-refractivity contribution >= 4 is 39.2 Å². The zero-order chi connectivity index (χ0) is 41.4. The van der Waals surface area contributed by atoms with Crippen molar-refractivity contribution in [2.24, 2.45) is 0 Å². The van der Waals surface area contributed by atoms with E-state index in [1.807, 2.05) is 24.3 Å². The zero-order valence-corrected chi connectivity index (χ0v) is 35.3. The largest absolute Gasteiger partial charge is 0.497 e. The van der Waals surface area contributed by atoms with Gasteiger partial charge in [-0.2, -0.15) is 0 Å². The van der Waals surface area contributed by atoms with E-state index in [-0.39, 0.29) is 0 Å². The smallest absolute Gasteiger partial charge is 0.119 e. The second-order valence-corrected chi connectivity index (χ2v) is 16.7. The summed E-state index contributed by atoms with van der Waals surface area (Å²) in [6.45, 7) is 4.79. The molecule has 0 bridgehead atoms. The highest BCUT2D eigenvalue weighted by molar-refractivity contribution is 6.21. The van der Waals surface area contributed by atoms with Crippen LogP contribution in [-0.2, 0) is 6.42 Å². The van der Waals surface area contributed by atoms with Gasteiger partial charge in [0.05, 0.1) is 27.0 Å². The molecule has 0 fully saturated rings. The molecule has 61 heavy (non-hydrogen) atoms. The Hall–Kier alpha value is -6.98. The molecule has 0 saturated carbocycles. The number of anilines is 5. The summed E-state index contributed by atoms with van der Waals surface area (Å²) in [5.41, 5.74) is 21.3. The van der Waals surface area contributed by atoms with Gasteiger partial charge in [-0.15, -0.1) is 0 Å². The van der Waals surface area contributed by atoms with Gasteiger partial charge in [0.15, 0.2) is 0 Å². The first kappa shape index (κ1) is 37.1. The number of rotatable bonds is 9. The number of benzene rings is 8. The number of nitrogens with zero attached hydrogens (tertiary/aromatic N) is 2. The number of hydrogen-bond acceptors (Lipinski definition) is 5. The van der Waals surface area contributed by atoms with E-state index in [1.54, 1.807) is 26.9 Å². The first-order valence-electron chi connectivity index (χ1n) is 21.4. The Bertz CT molecular complexity index is 2930. The number of ether oxygens (including phenoxy) is 3. The average molecular weight is 797 g/mol. The van der Waals surface area contributed by atoms with Gasteiger partial charge in [-0.05, 0) is 191 Å². The molecule has 5 heteroatoms. The molecule has 8 aromatic rings. The third-order valence-electron chi connectivity index (χ3n) is 13.7. The normalized spacial score (nSPS) is 15.4. The van der Waals surface area contributed by atoms with Crippen LogP contribution in [0.2, 0.25) is 0 Å². The number of para-hydroxylation sites is 1. The minimum Gasteiger partial charge on any atom is -0.497 e. The van der Waals surface area contributed by atoms with Crippen LogP contribution in [0, 0.1) is 13.8 Å². The number of methoxy groups -OCH3 is 3. The van der Waals surface area contributed by atoms with E-state index >= 15 is 0 Å².